The van der Waals surface area contributed by atoms with E-state index in [2.05, 4.69) is 76.5 Å². The van der Waals surface area contributed by atoms with Gasteiger partial charge in [0.25, 0.3) is 0 Å². The third-order valence-corrected chi connectivity index (χ3v) is 4.00. The molecule has 0 rings (SSSR count). The van der Waals surface area contributed by atoms with E-state index < -0.39 is 0 Å². The van der Waals surface area contributed by atoms with Crippen LogP contribution in [0.4, 0.5) is 0 Å². The molecule has 0 spiro atoms. The summed E-state index contributed by atoms with van der Waals surface area (Å²) < 4.78 is 1.20. The summed E-state index contributed by atoms with van der Waals surface area (Å²) in [5, 5.41) is 3.59. The van der Waals surface area contributed by atoms with Crippen LogP contribution in [0.2, 0.25) is 0 Å². The molecule has 0 heterocycles. The molecule has 86 valence electrons. The minimum atomic E-state index is 0.210. The van der Waals surface area contributed by atoms with Crippen molar-refractivity contribution in [2.24, 2.45) is 10.8 Å². The molecule has 0 saturated carbocycles. The topological polar surface area (TPSA) is 12.0 Å². The van der Waals surface area contributed by atoms with Crippen molar-refractivity contribution >= 4 is 22.6 Å². The molecule has 0 aliphatic rings. The predicted octanol–water partition coefficient (Wildman–Crippen LogP) is 3.86. The molecule has 0 unspecified atom stereocenters. The third kappa shape index (κ3) is 2.63. The van der Waals surface area contributed by atoms with Crippen LogP contribution in [0.15, 0.2) is 0 Å². The van der Waals surface area contributed by atoms with Crippen LogP contribution in [0.3, 0.4) is 0 Å². The van der Waals surface area contributed by atoms with Crippen LogP contribution in [0.25, 0.3) is 0 Å². The summed E-state index contributed by atoms with van der Waals surface area (Å²) in [6, 6.07) is 0. The van der Waals surface area contributed by atoms with E-state index in [1.165, 1.54) is 10.8 Å². The average Bonchev–Trinajstić information content (AvgIpc) is 1.94. The Morgan fingerprint density at radius 3 is 1.36 bits per heavy atom. The van der Waals surface area contributed by atoms with Gasteiger partial charge >= 0.3 is 0 Å². The highest BCUT2D eigenvalue weighted by atomic mass is 127. The number of hydrogen-bond donors (Lipinski definition) is 1. The quantitative estimate of drug-likeness (QED) is 0.616. The molecular formula is C12H26IN. The summed E-state index contributed by atoms with van der Waals surface area (Å²) in [6.45, 7) is 14.0. The molecule has 0 aromatic carbocycles. The molecule has 1 nitrogen and oxygen atoms in total. The molecule has 0 amide bonds. The van der Waals surface area contributed by atoms with Gasteiger partial charge in [0.15, 0.2) is 0 Å². The zero-order chi connectivity index (χ0) is 11.6. The Balaban J connectivity index is 5.21. The van der Waals surface area contributed by atoms with Crippen molar-refractivity contribution < 1.29 is 0 Å². The lowest BCUT2D eigenvalue weighted by Crippen LogP contribution is -2.62. The first-order chi connectivity index (χ1) is 6.12. The number of rotatable bonds is 3. The van der Waals surface area contributed by atoms with Crippen LogP contribution in [0, 0.1) is 10.8 Å². The van der Waals surface area contributed by atoms with Gasteiger partial charge in [-0.15, -0.1) is 0 Å². The monoisotopic (exact) mass is 311 g/mol. The van der Waals surface area contributed by atoms with Crippen LogP contribution in [-0.4, -0.2) is 17.0 Å². The average molecular weight is 311 g/mol. The smallest absolute Gasteiger partial charge is 0.0282 e. The van der Waals surface area contributed by atoms with Gasteiger partial charge in [0, 0.05) is 9.97 Å². The summed E-state index contributed by atoms with van der Waals surface area (Å²) in [5.74, 6) is 0. The molecule has 0 aliphatic heterocycles. The summed E-state index contributed by atoms with van der Waals surface area (Å²) in [5.41, 5.74) is 0.775. The molecule has 0 aliphatic carbocycles. The number of hydrogen-bond acceptors (Lipinski definition) is 1. The lowest BCUT2D eigenvalue weighted by Gasteiger charge is -2.54. The summed E-state index contributed by atoms with van der Waals surface area (Å²) in [6.07, 6.45) is 1.22. The van der Waals surface area contributed by atoms with Gasteiger partial charge in [-0.2, -0.15) is 0 Å². The van der Waals surface area contributed by atoms with Crippen LogP contribution in [0.5, 0.6) is 0 Å². The van der Waals surface area contributed by atoms with E-state index in [4.69, 9.17) is 0 Å². The number of nitrogens with one attached hydrogen (secondary N) is 1. The highest BCUT2D eigenvalue weighted by Crippen LogP contribution is 2.46. The summed E-state index contributed by atoms with van der Waals surface area (Å²) >= 11 is 2.48. The number of alkyl halides is 1. The minimum absolute atomic E-state index is 0.210. The zero-order valence-electron chi connectivity index (χ0n) is 10.8. The van der Waals surface area contributed by atoms with E-state index in [-0.39, 0.29) is 16.4 Å². The maximum absolute atomic E-state index is 3.59. The van der Waals surface area contributed by atoms with Crippen LogP contribution in [0.1, 0.15) is 48.0 Å². The second kappa shape index (κ2) is 4.69. The highest BCUT2D eigenvalue weighted by Gasteiger charge is 2.48. The Morgan fingerprint density at radius 2 is 1.29 bits per heavy atom. The maximum Gasteiger partial charge on any atom is 0.0282 e. The second-order valence-electron chi connectivity index (χ2n) is 6.09. The summed E-state index contributed by atoms with van der Waals surface area (Å²) in [7, 11) is 2.10. The van der Waals surface area contributed by atoms with E-state index >= 15 is 0 Å². The molecule has 2 heteroatoms. The van der Waals surface area contributed by atoms with E-state index in [0.29, 0.717) is 0 Å². The second-order valence-corrected chi connectivity index (χ2v) is 7.17. The third-order valence-electron chi connectivity index (χ3n) is 3.46. The van der Waals surface area contributed by atoms with Crippen molar-refractivity contribution in [3.8, 4) is 0 Å². The van der Waals surface area contributed by atoms with Crippen molar-refractivity contribution in [1.29, 1.82) is 0 Å². The van der Waals surface area contributed by atoms with Gasteiger partial charge in [-0.05, 0) is 24.3 Å². The van der Waals surface area contributed by atoms with Gasteiger partial charge < -0.3 is 5.32 Å². The minimum Gasteiger partial charge on any atom is -0.313 e. The lowest BCUT2D eigenvalue weighted by atomic mass is 9.59. The molecule has 0 bridgehead atoms. The van der Waals surface area contributed by atoms with Crippen molar-refractivity contribution in [2.75, 3.05) is 11.5 Å². The Kier molecular flexibility index (Phi) is 4.92. The van der Waals surface area contributed by atoms with Gasteiger partial charge in [0.2, 0.25) is 0 Å². The molecule has 0 fully saturated rings. The Bertz CT molecular complexity index is 160. The fourth-order valence-electron chi connectivity index (χ4n) is 2.89. The van der Waals surface area contributed by atoms with Crippen LogP contribution < -0.4 is 5.32 Å². The van der Waals surface area contributed by atoms with E-state index in [1.807, 2.05) is 0 Å². The van der Waals surface area contributed by atoms with Gasteiger partial charge in [-0.25, -0.2) is 0 Å². The fourth-order valence-corrected chi connectivity index (χ4v) is 3.70. The Labute approximate surface area is 104 Å². The normalized spacial score (nSPS) is 14.6. The Morgan fingerprint density at radius 1 is 0.929 bits per heavy atom. The van der Waals surface area contributed by atoms with Crippen molar-refractivity contribution in [2.45, 2.75) is 53.5 Å². The van der Waals surface area contributed by atoms with E-state index in [9.17, 15) is 0 Å². The largest absolute Gasteiger partial charge is 0.313 e. The maximum atomic E-state index is 3.59. The fraction of sp³-hybridized carbons (Fsp3) is 1.00. The molecule has 14 heavy (non-hydrogen) atoms. The number of halogens is 1. The first kappa shape index (κ1) is 14.7. The highest BCUT2D eigenvalue weighted by molar-refractivity contribution is 14.1. The van der Waals surface area contributed by atoms with Crippen LogP contribution >= 0.6 is 22.6 Å². The SMILES string of the molecule is CNC(CCI)(C(C)(C)C)C(C)(C)C. The van der Waals surface area contributed by atoms with Crippen molar-refractivity contribution in [3.05, 3.63) is 0 Å². The molecular weight excluding hydrogens is 285 g/mol. The lowest BCUT2D eigenvalue weighted by molar-refractivity contribution is 0.0262. The summed E-state index contributed by atoms with van der Waals surface area (Å²) in [4.78, 5) is 0. The zero-order valence-corrected chi connectivity index (χ0v) is 12.9. The van der Waals surface area contributed by atoms with E-state index in [0.717, 1.165) is 0 Å². The first-order valence-corrected chi connectivity index (χ1v) is 6.90. The standard InChI is InChI=1S/C12H26IN/c1-10(2,3)12(14-7,8-9-13)11(4,5)6/h14H,8-9H2,1-7H3. The molecule has 0 aromatic rings. The molecule has 0 atom stereocenters. The molecule has 0 aromatic heterocycles. The van der Waals surface area contributed by atoms with Gasteiger partial charge in [-0.1, -0.05) is 64.1 Å². The van der Waals surface area contributed by atoms with Crippen molar-refractivity contribution in [1.82, 2.24) is 5.32 Å². The van der Waals surface area contributed by atoms with Crippen LogP contribution in [-0.2, 0) is 0 Å². The molecule has 0 saturated heterocycles. The van der Waals surface area contributed by atoms with Crippen molar-refractivity contribution in [3.63, 3.8) is 0 Å². The predicted molar refractivity (Wildman–Crippen MR) is 74.2 cm³/mol. The van der Waals surface area contributed by atoms with Gasteiger partial charge in [-0.3, -0.25) is 0 Å². The van der Waals surface area contributed by atoms with E-state index in [1.54, 1.807) is 0 Å². The molecule has 0 radical (unpaired) electrons. The molecule has 1 N–H and O–H groups in total. The van der Waals surface area contributed by atoms with Gasteiger partial charge in [0.1, 0.15) is 0 Å². The Hall–Kier alpha value is 0.690. The van der Waals surface area contributed by atoms with Gasteiger partial charge in [0.05, 0.1) is 0 Å². The first-order valence-electron chi connectivity index (χ1n) is 5.37.